The Labute approximate surface area is 104 Å². The molecule has 4 nitrogen and oxygen atoms in total. The molecule has 1 atom stereocenters. The SMILES string of the molecule is CC(C)C(Br)C(=O)NCCCc1ncc[nH]1. The minimum atomic E-state index is -0.101. The number of aryl methyl sites for hydroxylation is 1. The third-order valence-corrected chi connectivity index (χ3v) is 3.75. The summed E-state index contributed by atoms with van der Waals surface area (Å²) >= 11 is 3.37. The van der Waals surface area contributed by atoms with Crippen molar-refractivity contribution in [3.05, 3.63) is 18.2 Å². The quantitative estimate of drug-likeness (QED) is 0.620. The molecule has 0 aliphatic carbocycles. The van der Waals surface area contributed by atoms with Gasteiger partial charge in [-0.25, -0.2) is 4.98 Å². The van der Waals surface area contributed by atoms with Crippen molar-refractivity contribution in [2.24, 2.45) is 5.92 Å². The van der Waals surface area contributed by atoms with E-state index in [2.05, 4.69) is 31.2 Å². The maximum Gasteiger partial charge on any atom is 0.234 e. The number of imidazole rings is 1. The Morgan fingerprint density at radius 3 is 2.94 bits per heavy atom. The van der Waals surface area contributed by atoms with Crippen LogP contribution in [-0.4, -0.2) is 27.2 Å². The number of amides is 1. The molecule has 0 saturated carbocycles. The lowest BCUT2D eigenvalue weighted by Gasteiger charge is -2.13. The van der Waals surface area contributed by atoms with Gasteiger partial charge >= 0.3 is 0 Å². The van der Waals surface area contributed by atoms with Gasteiger partial charge < -0.3 is 10.3 Å². The molecule has 0 aliphatic heterocycles. The molecule has 1 aromatic heterocycles. The maximum absolute atomic E-state index is 11.6. The van der Waals surface area contributed by atoms with Crippen LogP contribution >= 0.6 is 15.9 Å². The molecule has 0 aromatic carbocycles. The summed E-state index contributed by atoms with van der Waals surface area (Å²) in [5.41, 5.74) is 0. The molecule has 2 N–H and O–H groups in total. The summed E-state index contributed by atoms with van der Waals surface area (Å²) in [7, 11) is 0. The van der Waals surface area contributed by atoms with Crippen molar-refractivity contribution in [3.63, 3.8) is 0 Å². The van der Waals surface area contributed by atoms with E-state index >= 15 is 0 Å². The third-order valence-electron chi connectivity index (χ3n) is 2.28. The number of nitrogens with one attached hydrogen (secondary N) is 2. The lowest BCUT2D eigenvalue weighted by molar-refractivity contribution is -0.121. The molecule has 0 fully saturated rings. The molecule has 1 unspecified atom stereocenters. The van der Waals surface area contributed by atoms with E-state index in [-0.39, 0.29) is 10.7 Å². The van der Waals surface area contributed by atoms with Gasteiger partial charge in [0.2, 0.25) is 5.91 Å². The van der Waals surface area contributed by atoms with Gasteiger partial charge in [0.25, 0.3) is 0 Å². The van der Waals surface area contributed by atoms with Gasteiger partial charge in [-0.3, -0.25) is 4.79 Å². The summed E-state index contributed by atoms with van der Waals surface area (Å²) in [6, 6.07) is 0. The largest absolute Gasteiger partial charge is 0.355 e. The van der Waals surface area contributed by atoms with E-state index in [9.17, 15) is 4.79 Å². The van der Waals surface area contributed by atoms with Gasteiger partial charge in [-0.2, -0.15) is 0 Å². The van der Waals surface area contributed by atoms with Gasteiger partial charge in [0.1, 0.15) is 5.82 Å². The second kappa shape index (κ2) is 6.68. The summed E-state index contributed by atoms with van der Waals surface area (Å²) in [6.07, 6.45) is 5.31. The van der Waals surface area contributed by atoms with Gasteiger partial charge in [-0.05, 0) is 12.3 Å². The van der Waals surface area contributed by atoms with Crippen LogP contribution in [0.2, 0.25) is 0 Å². The monoisotopic (exact) mass is 287 g/mol. The van der Waals surface area contributed by atoms with Crippen LogP contribution in [0, 0.1) is 5.92 Å². The van der Waals surface area contributed by atoms with Crippen LogP contribution in [0.1, 0.15) is 26.1 Å². The molecule has 1 rings (SSSR count). The van der Waals surface area contributed by atoms with E-state index in [1.54, 1.807) is 12.4 Å². The number of aromatic amines is 1. The Kier molecular flexibility index (Phi) is 5.52. The van der Waals surface area contributed by atoms with Crippen LogP contribution in [0.15, 0.2) is 12.4 Å². The van der Waals surface area contributed by atoms with Crippen LogP contribution in [0.4, 0.5) is 0 Å². The first-order valence-corrected chi connectivity index (χ1v) is 6.43. The number of alkyl halides is 1. The molecular formula is C11H18BrN3O. The summed E-state index contributed by atoms with van der Waals surface area (Å²) in [5.74, 6) is 1.34. The van der Waals surface area contributed by atoms with Crippen LogP contribution in [0.3, 0.4) is 0 Å². The van der Waals surface area contributed by atoms with Gasteiger partial charge in [0, 0.05) is 25.4 Å². The number of H-pyrrole nitrogens is 1. The summed E-state index contributed by atoms with van der Waals surface area (Å²) in [4.78, 5) is 18.6. The fourth-order valence-corrected chi connectivity index (χ4v) is 1.46. The predicted molar refractivity (Wildman–Crippen MR) is 67.5 cm³/mol. The Morgan fingerprint density at radius 1 is 1.62 bits per heavy atom. The highest BCUT2D eigenvalue weighted by atomic mass is 79.9. The highest BCUT2D eigenvalue weighted by Crippen LogP contribution is 2.11. The van der Waals surface area contributed by atoms with Crippen LogP contribution in [0.5, 0.6) is 0 Å². The highest BCUT2D eigenvalue weighted by molar-refractivity contribution is 9.10. The van der Waals surface area contributed by atoms with Crippen molar-refractivity contribution < 1.29 is 4.79 Å². The van der Waals surface area contributed by atoms with Crippen LogP contribution in [0.25, 0.3) is 0 Å². The maximum atomic E-state index is 11.6. The van der Waals surface area contributed by atoms with Crippen molar-refractivity contribution in [2.45, 2.75) is 31.5 Å². The Bertz CT molecular complexity index is 311. The van der Waals surface area contributed by atoms with Gasteiger partial charge in [0.05, 0.1) is 4.83 Å². The molecule has 0 bridgehead atoms. The minimum absolute atomic E-state index is 0.0643. The molecule has 1 aromatic rings. The second-order valence-electron chi connectivity index (χ2n) is 4.08. The van der Waals surface area contributed by atoms with E-state index in [0.29, 0.717) is 12.5 Å². The first-order chi connectivity index (χ1) is 7.61. The molecule has 90 valence electrons. The van der Waals surface area contributed by atoms with Crippen LogP contribution < -0.4 is 5.32 Å². The second-order valence-corrected chi connectivity index (χ2v) is 5.06. The Morgan fingerprint density at radius 2 is 2.38 bits per heavy atom. The fraction of sp³-hybridized carbons (Fsp3) is 0.636. The fourth-order valence-electron chi connectivity index (χ4n) is 1.30. The summed E-state index contributed by atoms with van der Waals surface area (Å²) in [6.45, 7) is 4.72. The molecule has 1 amide bonds. The molecule has 1 heterocycles. The highest BCUT2D eigenvalue weighted by Gasteiger charge is 2.17. The standard InChI is InChI=1S/C11H18BrN3O/c1-8(2)10(12)11(16)15-5-3-4-9-13-6-7-14-9/h6-8,10H,3-5H2,1-2H3,(H,13,14)(H,15,16). The Hall–Kier alpha value is -0.840. The molecule has 0 spiro atoms. The van der Waals surface area contributed by atoms with Crippen molar-refractivity contribution in [1.82, 2.24) is 15.3 Å². The van der Waals surface area contributed by atoms with Crippen molar-refractivity contribution >= 4 is 21.8 Å². The predicted octanol–water partition coefficient (Wildman–Crippen LogP) is 1.88. The molecule has 5 heteroatoms. The zero-order chi connectivity index (χ0) is 12.0. The van der Waals surface area contributed by atoms with Crippen molar-refractivity contribution in [1.29, 1.82) is 0 Å². The Balaban J connectivity index is 2.13. The zero-order valence-corrected chi connectivity index (χ0v) is 11.3. The molecule has 0 saturated heterocycles. The number of hydrogen-bond acceptors (Lipinski definition) is 2. The number of aromatic nitrogens is 2. The smallest absolute Gasteiger partial charge is 0.234 e. The third kappa shape index (κ3) is 4.35. The van der Waals surface area contributed by atoms with E-state index in [0.717, 1.165) is 18.7 Å². The van der Waals surface area contributed by atoms with Crippen molar-refractivity contribution in [2.75, 3.05) is 6.54 Å². The zero-order valence-electron chi connectivity index (χ0n) is 9.66. The van der Waals surface area contributed by atoms with E-state index in [4.69, 9.17) is 0 Å². The number of carbonyl (C=O) groups is 1. The number of carbonyl (C=O) groups excluding carboxylic acids is 1. The van der Waals surface area contributed by atoms with Gasteiger partial charge in [-0.1, -0.05) is 29.8 Å². The van der Waals surface area contributed by atoms with Crippen LogP contribution in [-0.2, 0) is 11.2 Å². The molecule has 0 aliphatic rings. The topological polar surface area (TPSA) is 57.8 Å². The summed E-state index contributed by atoms with van der Waals surface area (Å²) < 4.78 is 0. The number of hydrogen-bond donors (Lipinski definition) is 2. The minimum Gasteiger partial charge on any atom is -0.355 e. The van der Waals surface area contributed by atoms with Crippen molar-refractivity contribution in [3.8, 4) is 0 Å². The number of nitrogens with zero attached hydrogens (tertiary/aromatic N) is 1. The molecule has 16 heavy (non-hydrogen) atoms. The summed E-state index contributed by atoms with van der Waals surface area (Å²) in [5, 5.41) is 2.90. The molecular weight excluding hydrogens is 270 g/mol. The van der Waals surface area contributed by atoms with Gasteiger partial charge in [0.15, 0.2) is 0 Å². The van der Waals surface area contributed by atoms with Gasteiger partial charge in [-0.15, -0.1) is 0 Å². The average Bonchev–Trinajstić information content (AvgIpc) is 2.75. The van der Waals surface area contributed by atoms with E-state index in [1.165, 1.54) is 0 Å². The van der Waals surface area contributed by atoms with E-state index in [1.807, 2.05) is 13.8 Å². The molecule has 0 radical (unpaired) electrons. The van der Waals surface area contributed by atoms with E-state index < -0.39 is 0 Å². The first-order valence-electron chi connectivity index (χ1n) is 5.51. The normalized spacial score (nSPS) is 12.8. The first kappa shape index (κ1) is 13.2. The lowest BCUT2D eigenvalue weighted by Crippen LogP contribution is -2.34. The number of halogens is 1. The average molecular weight is 288 g/mol. The number of rotatable bonds is 6. The lowest BCUT2D eigenvalue weighted by atomic mass is 10.1.